The van der Waals surface area contributed by atoms with E-state index in [9.17, 15) is 13.2 Å². The molecule has 130 valence electrons. The smallest absolute Gasteiger partial charge is 0.238 e. The number of nitrogens with two attached hydrogens (primary N) is 2. The van der Waals surface area contributed by atoms with Crippen molar-refractivity contribution >= 4 is 34.0 Å². The lowest BCUT2D eigenvalue weighted by Gasteiger charge is -2.18. The van der Waals surface area contributed by atoms with Gasteiger partial charge in [-0.15, -0.1) is 12.4 Å². The van der Waals surface area contributed by atoms with Crippen LogP contribution in [0.25, 0.3) is 0 Å². The van der Waals surface area contributed by atoms with Crippen molar-refractivity contribution in [2.75, 3.05) is 11.9 Å². The molecule has 0 bridgehead atoms. The van der Waals surface area contributed by atoms with Crippen LogP contribution in [0.4, 0.5) is 5.69 Å². The molecular weight excluding hydrogens is 338 g/mol. The largest absolute Gasteiger partial charge is 0.330 e. The first-order chi connectivity index (χ1) is 10.4. The van der Waals surface area contributed by atoms with Gasteiger partial charge in [0, 0.05) is 11.6 Å². The summed E-state index contributed by atoms with van der Waals surface area (Å²) in [5.74, 6) is -0.000945. The number of benzene rings is 1. The number of hydrogen-bond donors (Lipinski definition) is 3. The third-order valence-corrected chi connectivity index (χ3v) is 5.31. The molecule has 1 aliphatic carbocycles. The standard InChI is InChI=1S/C15H23N3O3S.ClH/c1-2-10-6-7-12(8-14(10)22(17,20)21)18-15(19)13-5-3-4-11(13)9-16;/h6-8,11,13H,2-5,9,16H2,1H3,(H,18,19)(H2,17,20,21);1H/t11-,13-;/m1./s1. The van der Waals surface area contributed by atoms with E-state index in [1.807, 2.05) is 6.92 Å². The second-order valence-corrected chi connectivity index (χ2v) is 7.27. The van der Waals surface area contributed by atoms with Gasteiger partial charge < -0.3 is 11.1 Å². The molecule has 6 nitrogen and oxygen atoms in total. The minimum Gasteiger partial charge on any atom is -0.330 e. The van der Waals surface area contributed by atoms with Gasteiger partial charge in [-0.05, 0) is 49.4 Å². The Kier molecular flexibility index (Phi) is 7.01. The molecule has 8 heteroatoms. The highest BCUT2D eigenvalue weighted by molar-refractivity contribution is 7.89. The number of carbonyl (C=O) groups is 1. The van der Waals surface area contributed by atoms with Gasteiger partial charge in [0.2, 0.25) is 15.9 Å². The summed E-state index contributed by atoms with van der Waals surface area (Å²) < 4.78 is 23.3. The maximum absolute atomic E-state index is 12.4. The van der Waals surface area contributed by atoms with Gasteiger partial charge in [0.1, 0.15) is 0 Å². The Bertz CT molecular complexity index is 664. The summed E-state index contributed by atoms with van der Waals surface area (Å²) in [4.78, 5) is 12.4. The zero-order chi connectivity index (χ0) is 16.3. The molecule has 0 aliphatic heterocycles. The van der Waals surface area contributed by atoms with E-state index in [0.29, 0.717) is 24.2 Å². The van der Waals surface area contributed by atoms with Crippen molar-refractivity contribution in [2.45, 2.75) is 37.5 Å². The highest BCUT2D eigenvalue weighted by Crippen LogP contribution is 2.32. The molecule has 0 spiro atoms. The molecule has 2 rings (SSSR count). The number of rotatable bonds is 5. The molecular formula is C15H24ClN3O3S. The van der Waals surface area contributed by atoms with Gasteiger partial charge >= 0.3 is 0 Å². The van der Waals surface area contributed by atoms with E-state index in [2.05, 4.69) is 5.32 Å². The average molecular weight is 362 g/mol. The quantitative estimate of drug-likeness (QED) is 0.739. The first kappa shape index (κ1) is 19.9. The van der Waals surface area contributed by atoms with E-state index < -0.39 is 10.0 Å². The maximum atomic E-state index is 12.4. The SMILES string of the molecule is CCc1ccc(NC(=O)[C@@H]2CCC[C@@H]2CN)cc1S(N)(=O)=O.Cl. The Morgan fingerprint density at radius 3 is 2.61 bits per heavy atom. The highest BCUT2D eigenvalue weighted by Gasteiger charge is 2.32. The van der Waals surface area contributed by atoms with Crippen LogP contribution in [-0.4, -0.2) is 20.9 Å². The third kappa shape index (κ3) is 4.67. The van der Waals surface area contributed by atoms with Crippen molar-refractivity contribution < 1.29 is 13.2 Å². The third-order valence-electron chi connectivity index (χ3n) is 4.32. The van der Waals surface area contributed by atoms with E-state index in [-0.39, 0.29) is 35.0 Å². The summed E-state index contributed by atoms with van der Waals surface area (Å²) in [5, 5.41) is 8.04. The van der Waals surface area contributed by atoms with Gasteiger partial charge in [-0.2, -0.15) is 0 Å². The van der Waals surface area contributed by atoms with E-state index in [1.54, 1.807) is 12.1 Å². The Balaban J connectivity index is 0.00000264. The van der Waals surface area contributed by atoms with Crippen LogP contribution in [0.3, 0.4) is 0 Å². The average Bonchev–Trinajstić information content (AvgIpc) is 2.94. The molecule has 1 aliphatic rings. The van der Waals surface area contributed by atoms with E-state index in [0.717, 1.165) is 19.3 Å². The van der Waals surface area contributed by atoms with E-state index >= 15 is 0 Å². The topological polar surface area (TPSA) is 115 Å². The fourth-order valence-electron chi connectivity index (χ4n) is 3.09. The Morgan fingerprint density at radius 2 is 2.04 bits per heavy atom. The van der Waals surface area contributed by atoms with Crippen molar-refractivity contribution in [1.29, 1.82) is 0 Å². The molecule has 1 aromatic rings. The van der Waals surface area contributed by atoms with Crippen molar-refractivity contribution in [2.24, 2.45) is 22.7 Å². The van der Waals surface area contributed by atoms with Crippen molar-refractivity contribution in [3.63, 3.8) is 0 Å². The lowest BCUT2D eigenvalue weighted by Crippen LogP contribution is -2.29. The van der Waals surface area contributed by atoms with Crippen LogP contribution < -0.4 is 16.2 Å². The zero-order valence-corrected chi connectivity index (χ0v) is 14.8. The molecule has 1 fully saturated rings. The molecule has 0 radical (unpaired) electrons. The van der Waals surface area contributed by atoms with Crippen LogP contribution in [0.1, 0.15) is 31.7 Å². The first-order valence-electron chi connectivity index (χ1n) is 7.53. The number of hydrogen-bond acceptors (Lipinski definition) is 4. The van der Waals surface area contributed by atoms with E-state index in [1.165, 1.54) is 6.07 Å². The Hall–Kier alpha value is -1.15. The summed E-state index contributed by atoms with van der Waals surface area (Å²) >= 11 is 0. The van der Waals surface area contributed by atoms with Crippen LogP contribution in [0.15, 0.2) is 23.1 Å². The molecule has 0 aromatic heterocycles. The van der Waals surface area contributed by atoms with Gasteiger partial charge in [-0.3, -0.25) is 4.79 Å². The number of carbonyl (C=O) groups excluding carboxylic acids is 1. The Morgan fingerprint density at radius 1 is 1.35 bits per heavy atom. The Labute approximate surface area is 143 Å². The minimum atomic E-state index is -3.81. The summed E-state index contributed by atoms with van der Waals surface area (Å²) in [6, 6.07) is 4.82. The fraction of sp³-hybridized carbons (Fsp3) is 0.533. The molecule has 0 saturated heterocycles. The number of anilines is 1. The van der Waals surface area contributed by atoms with Gasteiger partial charge in [0.15, 0.2) is 0 Å². The van der Waals surface area contributed by atoms with Gasteiger partial charge in [0.05, 0.1) is 4.90 Å². The number of amides is 1. The fourth-order valence-corrected chi connectivity index (χ4v) is 3.96. The monoisotopic (exact) mass is 361 g/mol. The molecule has 0 heterocycles. The van der Waals surface area contributed by atoms with Crippen LogP contribution in [0, 0.1) is 11.8 Å². The molecule has 0 unspecified atom stereocenters. The van der Waals surface area contributed by atoms with Crippen LogP contribution >= 0.6 is 12.4 Å². The first-order valence-corrected chi connectivity index (χ1v) is 9.08. The van der Waals surface area contributed by atoms with Crippen LogP contribution in [-0.2, 0) is 21.2 Å². The lowest BCUT2D eigenvalue weighted by molar-refractivity contribution is -0.120. The molecule has 23 heavy (non-hydrogen) atoms. The second kappa shape index (κ2) is 8.10. The summed E-state index contributed by atoms with van der Waals surface area (Å²) in [6.45, 7) is 2.35. The number of sulfonamides is 1. The molecule has 5 N–H and O–H groups in total. The molecule has 2 atom stereocenters. The van der Waals surface area contributed by atoms with E-state index in [4.69, 9.17) is 10.9 Å². The van der Waals surface area contributed by atoms with Gasteiger partial charge in [-0.1, -0.05) is 19.4 Å². The van der Waals surface area contributed by atoms with Crippen molar-refractivity contribution in [3.05, 3.63) is 23.8 Å². The number of halogens is 1. The van der Waals surface area contributed by atoms with Crippen LogP contribution in [0.2, 0.25) is 0 Å². The normalized spacial score (nSPS) is 20.8. The highest BCUT2D eigenvalue weighted by atomic mass is 35.5. The summed E-state index contributed by atoms with van der Waals surface area (Å²) in [5.41, 5.74) is 6.79. The summed E-state index contributed by atoms with van der Waals surface area (Å²) in [6.07, 6.45) is 3.34. The summed E-state index contributed by atoms with van der Waals surface area (Å²) in [7, 11) is -3.81. The second-order valence-electron chi connectivity index (χ2n) is 5.74. The van der Waals surface area contributed by atoms with Crippen LogP contribution in [0.5, 0.6) is 0 Å². The molecule has 1 aromatic carbocycles. The van der Waals surface area contributed by atoms with Crippen molar-refractivity contribution in [1.82, 2.24) is 0 Å². The van der Waals surface area contributed by atoms with Gasteiger partial charge in [-0.25, -0.2) is 13.6 Å². The predicted molar refractivity (Wildman–Crippen MR) is 93.0 cm³/mol. The predicted octanol–water partition coefficient (Wildman–Crippen LogP) is 1.63. The molecule has 1 amide bonds. The van der Waals surface area contributed by atoms with Crippen molar-refractivity contribution in [3.8, 4) is 0 Å². The zero-order valence-electron chi connectivity index (χ0n) is 13.1. The number of nitrogens with one attached hydrogen (secondary N) is 1. The lowest BCUT2D eigenvalue weighted by atomic mass is 9.95. The number of primary sulfonamides is 1. The van der Waals surface area contributed by atoms with Gasteiger partial charge in [0.25, 0.3) is 0 Å². The molecule has 1 saturated carbocycles. The number of aryl methyl sites for hydroxylation is 1. The minimum absolute atomic E-state index is 0. The maximum Gasteiger partial charge on any atom is 0.238 e.